The fourth-order valence-electron chi connectivity index (χ4n) is 2.14. The van der Waals surface area contributed by atoms with E-state index in [-0.39, 0.29) is 12.6 Å². The zero-order valence-corrected chi connectivity index (χ0v) is 10.7. The van der Waals surface area contributed by atoms with Crippen LogP contribution < -0.4 is 10.6 Å². The largest absolute Gasteiger partial charge is 0.479 e. The predicted octanol–water partition coefficient (Wildman–Crippen LogP) is 0.700. The van der Waals surface area contributed by atoms with E-state index in [9.17, 15) is 9.59 Å². The second kappa shape index (κ2) is 7.20. The van der Waals surface area contributed by atoms with Crippen LogP contribution in [0.4, 0.5) is 4.79 Å². The van der Waals surface area contributed by atoms with Gasteiger partial charge in [0.05, 0.1) is 6.54 Å². The van der Waals surface area contributed by atoms with Gasteiger partial charge in [-0.05, 0) is 25.2 Å². The highest BCUT2D eigenvalue weighted by molar-refractivity contribution is 5.76. The van der Waals surface area contributed by atoms with E-state index in [4.69, 9.17) is 10.2 Å². The number of hydrogen-bond acceptors (Lipinski definition) is 3. The van der Waals surface area contributed by atoms with Gasteiger partial charge in [-0.25, -0.2) is 9.59 Å². The van der Waals surface area contributed by atoms with Crippen molar-refractivity contribution in [3.05, 3.63) is 0 Å². The maximum atomic E-state index is 11.5. The zero-order valence-electron chi connectivity index (χ0n) is 10.7. The molecule has 18 heavy (non-hydrogen) atoms. The third-order valence-electron chi connectivity index (χ3n) is 3.33. The standard InChI is InChI=1S/C12H22N2O4/c1-8-3-2-4-9(6-5-8)14-12(18)13-7-10(15)11(16)17/h8-10,15H,2-7H2,1H3,(H,16,17)(H2,13,14,18). The lowest BCUT2D eigenvalue weighted by Crippen LogP contribution is -2.45. The summed E-state index contributed by atoms with van der Waals surface area (Å²) in [5.74, 6) is -0.632. The van der Waals surface area contributed by atoms with Gasteiger partial charge in [0.25, 0.3) is 0 Å². The van der Waals surface area contributed by atoms with E-state index in [1.807, 2.05) is 0 Å². The number of rotatable bonds is 4. The Balaban J connectivity index is 2.25. The van der Waals surface area contributed by atoms with Crippen molar-refractivity contribution >= 4 is 12.0 Å². The Kier molecular flexibility index (Phi) is 5.91. The summed E-state index contributed by atoms with van der Waals surface area (Å²) in [4.78, 5) is 21.9. The maximum absolute atomic E-state index is 11.5. The van der Waals surface area contributed by atoms with Gasteiger partial charge in [0, 0.05) is 6.04 Å². The van der Waals surface area contributed by atoms with Crippen molar-refractivity contribution < 1.29 is 19.8 Å². The van der Waals surface area contributed by atoms with Crippen molar-refractivity contribution in [1.82, 2.24) is 10.6 Å². The molecule has 1 fully saturated rings. The molecule has 2 amide bonds. The molecule has 6 heteroatoms. The lowest BCUT2D eigenvalue weighted by molar-refractivity contribution is -0.146. The van der Waals surface area contributed by atoms with Crippen LogP contribution in [0.1, 0.15) is 39.0 Å². The summed E-state index contributed by atoms with van der Waals surface area (Å²) in [5.41, 5.74) is 0. The van der Waals surface area contributed by atoms with Gasteiger partial charge in [-0.2, -0.15) is 0 Å². The Morgan fingerprint density at radius 1 is 1.28 bits per heavy atom. The topological polar surface area (TPSA) is 98.7 Å². The SMILES string of the molecule is CC1CCCC(NC(=O)NCC(O)C(=O)O)CC1. The van der Waals surface area contributed by atoms with E-state index in [1.165, 1.54) is 6.42 Å². The molecule has 0 aromatic heterocycles. The third-order valence-corrected chi connectivity index (χ3v) is 3.33. The molecule has 6 nitrogen and oxygen atoms in total. The van der Waals surface area contributed by atoms with Crippen LogP contribution in [0.5, 0.6) is 0 Å². The molecular formula is C12H22N2O4. The number of aliphatic hydroxyl groups excluding tert-OH is 1. The first-order valence-electron chi connectivity index (χ1n) is 6.44. The summed E-state index contributed by atoms with van der Waals surface area (Å²) in [6.07, 6.45) is 3.75. The Morgan fingerprint density at radius 3 is 2.67 bits per heavy atom. The normalized spacial score (nSPS) is 25.9. The Morgan fingerprint density at radius 2 is 2.00 bits per heavy atom. The molecule has 3 atom stereocenters. The first-order valence-corrected chi connectivity index (χ1v) is 6.44. The first-order chi connectivity index (χ1) is 8.49. The molecule has 1 aliphatic rings. The van der Waals surface area contributed by atoms with E-state index in [2.05, 4.69) is 17.6 Å². The molecule has 4 N–H and O–H groups in total. The Labute approximate surface area is 107 Å². The van der Waals surface area contributed by atoms with Crippen molar-refractivity contribution in [3.63, 3.8) is 0 Å². The van der Waals surface area contributed by atoms with Crippen molar-refractivity contribution in [2.75, 3.05) is 6.54 Å². The number of aliphatic hydroxyl groups is 1. The molecule has 0 aromatic carbocycles. The summed E-state index contributed by atoms with van der Waals surface area (Å²) < 4.78 is 0. The lowest BCUT2D eigenvalue weighted by Gasteiger charge is -2.17. The molecule has 0 heterocycles. The number of hydrogen-bond donors (Lipinski definition) is 4. The highest BCUT2D eigenvalue weighted by atomic mass is 16.4. The number of carboxylic acids is 1. The number of carbonyl (C=O) groups excluding carboxylic acids is 1. The van der Waals surface area contributed by atoms with Crippen LogP contribution >= 0.6 is 0 Å². The molecule has 1 aliphatic carbocycles. The highest BCUT2D eigenvalue weighted by Crippen LogP contribution is 2.22. The van der Waals surface area contributed by atoms with E-state index in [0.717, 1.165) is 25.7 Å². The molecule has 0 aromatic rings. The molecule has 0 aliphatic heterocycles. The van der Waals surface area contributed by atoms with Crippen molar-refractivity contribution in [3.8, 4) is 0 Å². The van der Waals surface area contributed by atoms with E-state index < -0.39 is 18.1 Å². The first kappa shape index (κ1) is 14.8. The maximum Gasteiger partial charge on any atom is 0.334 e. The summed E-state index contributed by atoms with van der Waals surface area (Å²) in [6, 6.07) is -0.258. The lowest BCUT2D eigenvalue weighted by atomic mass is 10.0. The molecular weight excluding hydrogens is 236 g/mol. The van der Waals surface area contributed by atoms with Crippen LogP contribution in [0.15, 0.2) is 0 Å². The molecule has 0 saturated heterocycles. The van der Waals surface area contributed by atoms with Gasteiger partial charge in [-0.15, -0.1) is 0 Å². The van der Waals surface area contributed by atoms with Crippen LogP contribution in [-0.2, 0) is 4.79 Å². The number of urea groups is 1. The molecule has 0 radical (unpaired) electrons. The number of aliphatic carboxylic acids is 1. The fourth-order valence-corrected chi connectivity index (χ4v) is 2.14. The molecule has 3 unspecified atom stereocenters. The molecule has 0 bridgehead atoms. The molecule has 0 spiro atoms. The number of nitrogens with one attached hydrogen (secondary N) is 2. The predicted molar refractivity (Wildman–Crippen MR) is 66.2 cm³/mol. The van der Waals surface area contributed by atoms with Crippen molar-refractivity contribution in [2.45, 2.75) is 51.2 Å². The fraction of sp³-hybridized carbons (Fsp3) is 0.833. The number of amides is 2. The van der Waals surface area contributed by atoms with Crippen LogP contribution in [0.2, 0.25) is 0 Å². The minimum absolute atomic E-state index is 0.150. The van der Waals surface area contributed by atoms with Gasteiger partial charge >= 0.3 is 12.0 Å². The Hall–Kier alpha value is -1.30. The monoisotopic (exact) mass is 258 g/mol. The van der Waals surface area contributed by atoms with Gasteiger partial charge in [-0.3, -0.25) is 0 Å². The summed E-state index contributed by atoms with van der Waals surface area (Å²) in [6.45, 7) is 1.94. The minimum atomic E-state index is -1.55. The van der Waals surface area contributed by atoms with Crippen LogP contribution in [0.25, 0.3) is 0 Å². The van der Waals surface area contributed by atoms with Crippen LogP contribution in [-0.4, -0.2) is 40.9 Å². The van der Waals surface area contributed by atoms with Gasteiger partial charge < -0.3 is 20.8 Å². The summed E-state index contributed by atoms with van der Waals surface area (Å²) >= 11 is 0. The smallest absolute Gasteiger partial charge is 0.334 e. The van der Waals surface area contributed by atoms with Crippen LogP contribution in [0.3, 0.4) is 0 Å². The van der Waals surface area contributed by atoms with E-state index in [1.54, 1.807) is 0 Å². The quantitative estimate of drug-likeness (QED) is 0.558. The third kappa shape index (κ3) is 5.35. The molecule has 104 valence electrons. The molecule has 1 rings (SSSR count). The molecule has 1 saturated carbocycles. The number of carbonyl (C=O) groups is 2. The van der Waals surface area contributed by atoms with Gasteiger partial charge in [0.15, 0.2) is 6.10 Å². The van der Waals surface area contributed by atoms with Gasteiger partial charge in [0.2, 0.25) is 0 Å². The second-order valence-electron chi connectivity index (χ2n) is 5.02. The zero-order chi connectivity index (χ0) is 13.5. The highest BCUT2D eigenvalue weighted by Gasteiger charge is 2.19. The van der Waals surface area contributed by atoms with Gasteiger partial charge in [-0.1, -0.05) is 19.8 Å². The second-order valence-corrected chi connectivity index (χ2v) is 5.02. The summed E-state index contributed by atoms with van der Waals surface area (Å²) in [5, 5.41) is 22.7. The van der Waals surface area contributed by atoms with E-state index >= 15 is 0 Å². The van der Waals surface area contributed by atoms with Crippen molar-refractivity contribution in [2.24, 2.45) is 5.92 Å². The average molecular weight is 258 g/mol. The van der Waals surface area contributed by atoms with Crippen LogP contribution in [0, 0.1) is 5.92 Å². The number of carboxylic acid groups (broad SMARTS) is 1. The van der Waals surface area contributed by atoms with Crippen molar-refractivity contribution in [1.29, 1.82) is 0 Å². The van der Waals surface area contributed by atoms with E-state index in [0.29, 0.717) is 5.92 Å². The van der Waals surface area contributed by atoms with Gasteiger partial charge in [0.1, 0.15) is 0 Å². The Bertz CT molecular complexity index is 296. The summed E-state index contributed by atoms with van der Waals surface area (Å²) in [7, 11) is 0. The average Bonchev–Trinajstić information content (AvgIpc) is 2.51. The minimum Gasteiger partial charge on any atom is -0.479 e.